The Morgan fingerprint density at radius 3 is 2.50 bits per heavy atom. The lowest BCUT2D eigenvalue weighted by atomic mass is 9.94. The zero-order valence-electron chi connectivity index (χ0n) is 7.03. The van der Waals surface area contributed by atoms with Crippen molar-refractivity contribution in [3.63, 3.8) is 0 Å². The highest BCUT2D eigenvalue weighted by atomic mass is 16.5. The molecule has 3 heteroatoms. The van der Waals surface area contributed by atoms with Gasteiger partial charge in [-0.1, -0.05) is 0 Å². The van der Waals surface area contributed by atoms with Crippen LogP contribution in [0.3, 0.4) is 0 Å². The highest BCUT2D eigenvalue weighted by molar-refractivity contribution is 5.73. The van der Waals surface area contributed by atoms with Gasteiger partial charge in [-0.15, -0.1) is 0 Å². The van der Waals surface area contributed by atoms with Crippen LogP contribution >= 0.6 is 0 Å². The summed E-state index contributed by atoms with van der Waals surface area (Å²) in [4.78, 5) is 10.6. The Kier molecular flexibility index (Phi) is 2.05. The Morgan fingerprint density at radius 1 is 1.33 bits per heavy atom. The van der Waals surface area contributed by atoms with Crippen molar-refractivity contribution < 1.29 is 14.6 Å². The van der Waals surface area contributed by atoms with Gasteiger partial charge in [-0.2, -0.15) is 0 Å². The predicted octanol–water partition coefficient (Wildman–Crippen LogP) is 1.13. The average molecular weight is 170 g/mol. The molecule has 0 aromatic carbocycles. The Labute approximate surface area is 71.7 Å². The number of hydrogen-bond donors (Lipinski definition) is 1. The van der Waals surface area contributed by atoms with Gasteiger partial charge in [-0.3, -0.25) is 4.79 Å². The average Bonchev–Trinajstić information content (AvgIpc) is 2.84. The Hall–Kier alpha value is -0.570. The highest BCUT2D eigenvalue weighted by Crippen LogP contribution is 2.47. The molecule has 1 N–H and O–H groups in total. The number of ether oxygens (including phenoxy) is 1. The maximum Gasteiger partial charge on any atom is 0.306 e. The molecule has 0 spiro atoms. The third kappa shape index (κ3) is 1.46. The first-order valence-electron chi connectivity index (χ1n) is 4.59. The van der Waals surface area contributed by atoms with E-state index < -0.39 is 5.97 Å². The van der Waals surface area contributed by atoms with Crippen molar-refractivity contribution in [2.45, 2.75) is 19.3 Å². The molecule has 0 bridgehead atoms. The van der Waals surface area contributed by atoms with Crippen molar-refractivity contribution >= 4 is 5.97 Å². The molecule has 2 atom stereocenters. The number of carbonyl (C=O) groups is 1. The second kappa shape index (κ2) is 3.05. The molecule has 12 heavy (non-hydrogen) atoms. The Bertz CT molecular complexity index is 184. The third-order valence-corrected chi connectivity index (χ3v) is 3.03. The lowest BCUT2D eigenvalue weighted by molar-refractivity contribution is -0.139. The van der Waals surface area contributed by atoms with Gasteiger partial charge in [0.1, 0.15) is 0 Å². The van der Waals surface area contributed by atoms with E-state index in [9.17, 15) is 4.79 Å². The topological polar surface area (TPSA) is 46.5 Å². The lowest BCUT2D eigenvalue weighted by Crippen LogP contribution is -2.18. The van der Waals surface area contributed by atoms with Crippen LogP contribution in [0.1, 0.15) is 19.3 Å². The van der Waals surface area contributed by atoms with E-state index in [-0.39, 0.29) is 5.92 Å². The minimum absolute atomic E-state index is 0.0342. The SMILES string of the molecule is O=C(O)[C@H]1C[C@@H]1C1CCOCC1. The van der Waals surface area contributed by atoms with Crippen molar-refractivity contribution in [2.24, 2.45) is 17.8 Å². The minimum atomic E-state index is -0.605. The molecule has 2 rings (SSSR count). The molecule has 68 valence electrons. The quantitative estimate of drug-likeness (QED) is 0.675. The van der Waals surface area contributed by atoms with Crippen LogP contribution in [0.15, 0.2) is 0 Å². The first-order chi connectivity index (χ1) is 5.79. The maximum atomic E-state index is 10.6. The van der Waals surface area contributed by atoms with E-state index >= 15 is 0 Å². The molecule has 0 aromatic heterocycles. The molecule has 0 radical (unpaired) electrons. The second-order valence-electron chi connectivity index (χ2n) is 3.79. The molecular weight excluding hydrogens is 156 g/mol. The zero-order valence-corrected chi connectivity index (χ0v) is 7.03. The van der Waals surface area contributed by atoms with Crippen LogP contribution in [0, 0.1) is 17.8 Å². The fraction of sp³-hybridized carbons (Fsp3) is 0.889. The van der Waals surface area contributed by atoms with Crippen LogP contribution in [-0.4, -0.2) is 24.3 Å². The summed E-state index contributed by atoms with van der Waals surface area (Å²) in [5, 5.41) is 8.72. The molecule has 3 nitrogen and oxygen atoms in total. The molecule has 0 unspecified atom stereocenters. The van der Waals surface area contributed by atoms with Gasteiger partial charge in [0.2, 0.25) is 0 Å². The van der Waals surface area contributed by atoms with Gasteiger partial charge in [-0.05, 0) is 31.1 Å². The summed E-state index contributed by atoms with van der Waals surface area (Å²) < 4.78 is 5.23. The van der Waals surface area contributed by atoms with Crippen molar-refractivity contribution in [1.82, 2.24) is 0 Å². The fourth-order valence-corrected chi connectivity index (χ4v) is 2.16. The summed E-state index contributed by atoms with van der Waals surface area (Å²) in [5.41, 5.74) is 0. The largest absolute Gasteiger partial charge is 0.481 e. The maximum absolute atomic E-state index is 10.6. The molecular formula is C9H14O3. The summed E-state index contributed by atoms with van der Waals surface area (Å²) in [6.07, 6.45) is 3.03. The van der Waals surface area contributed by atoms with Crippen LogP contribution in [0.5, 0.6) is 0 Å². The first kappa shape index (κ1) is 8.05. The van der Waals surface area contributed by atoms with E-state index in [1.807, 2.05) is 0 Å². The van der Waals surface area contributed by atoms with Crippen LogP contribution in [0.2, 0.25) is 0 Å². The summed E-state index contributed by atoms with van der Waals surface area (Å²) in [5.74, 6) is 0.450. The van der Waals surface area contributed by atoms with Gasteiger partial charge in [0.05, 0.1) is 5.92 Å². The molecule has 0 amide bonds. The van der Waals surface area contributed by atoms with Gasteiger partial charge >= 0.3 is 5.97 Å². The van der Waals surface area contributed by atoms with Crippen LogP contribution < -0.4 is 0 Å². The van der Waals surface area contributed by atoms with E-state index in [2.05, 4.69) is 0 Å². The Balaban J connectivity index is 1.83. The number of aliphatic carboxylic acids is 1. The third-order valence-electron chi connectivity index (χ3n) is 3.03. The fourth-order valence-electron chi connectivity index (χ4n) is 2.16. The van der Waals surface area contributed by atoms with Gasteiger partial charge in [0.15, 0.2) is 0 Å². The smallest absolute Gasteiger partial charge is 0.306 e. The zero-order chi connectivity index (χ0) is 8.55. The number of hydrogen-bond acceptors (Lipinski definition) is 2. The van der Waals surface area contributed by atoms with Gasteiger partial charge in [-0.25, -0.2) is 0 Å². The van der Waals surface area contributed by atoms with Crippen molar-refractivity contribution in [3.05, 3.63) is 0 Å². The molecule has 2 fully saturated rings. The minimum Gasteiger partial charge on any atom is -0.481 e. The summed E-state index contributed by atoms with van der Waals surface area (Å²) in [6.45, 7) is 1.65. The van der Waals surface area contributed by atoms with E-state index in [1.54, 1.807) is 0 Å². The van der Waals surface area contributed by atoms with E-state index in [0.29, 0.717) is 11.8 Å². The van der Waals surface area contributed by atoms with Gasteiger partial charge in [0.25, 0.3) is 0 Å². The molecule has 1 saturated carbocycles. The summed E-state index contributed by atoms with van der Waals surface area (Å²) in [7, 11) is 0. The summed E-state index contributed by atoms with van der Waals surface area (Å²) in [6, 6.07) is 0. The van der Waals surface area contributed by atoms with Crippen LogP contribution in [0.25, 0.3) is 0 Å². The highest BCUT2D eigenvalue weighted by Gasteiger charge is 2.47. The molecule has 1 aliphatic heterocycles. The van der Waals surface area contributed by atoms with E-state index in [1.165, 1.54) is 0 Å². The van der Waals surface area contributed by atoms with Crippen molar-refractivity contribution in [3.8, 4) is 0 Å². The molecule has 0 aromatic rings. The first-order valence-corrected chi connectivity index (χ1v) is 4.59. The molecule has 1 aliphatic carbocycles. The van der Waals surface area contributed by atoms with Gasteiger partial charge < -0.3 is 9.84 Å². The Morgan fingerprint density at radius 2 is 2.00 bits per heavy atom. The van der Waals surface area contributed by atoms with Crippen molar-refractivity contribution in [1.29, 1.82) is 0 Å². The normalized spacial score (nSPS) is 36.3. The van der Waals surface area contributed by atoms with Crippen LogP contribution in [0.4, 0.5) is 0 Å². The molecule has 1 heterocycles. The van der Waals surface area contributed by atoms with Crippen LogP contribution in [-0.2, 0) is 9.53 Å². The lowest BCUT2D eigenvalue weighted by Gasteiger charge is -2.21. The molecule has 1 saturated heterocycles. The number of carboxylic acids is 1. The van der Waals surface area contributed by atoms with Gasteiger partial charge in [0, 0.05) is 13.2 Å². The number of carboxylic acid groups (broad SMARTS) is 1. The van der Waals surface area contributed by atoms with E-state index in [0.717, 1.165) is 32.5 Å². The number of rotatable bonds is 2. The van der Waals surface area contributed by atoms with E-state index in [4.69, 9.17) is 9.84 Å². The standard InChI is InChI=1S/C9H14O3/c10-9(11)8-5-7(8)6-1-3-12-4-2-6/h6-8H,1-5H2,(H,10,11)/t7-,8+/m1/s1. The molecule has 2 aliphatic rings. The van der Waals surface area contributed by atoms with Crippen molar-refractivity contribution in [2.75, 3.05) is 13.2 Å². The predicted molar refractivity (Wildman–Crippen MR) is 42.8 cm³/mol. The monoisotopic (exact) mass is 170 g/mol. The summed E-state index contributed by atoms with van der Waals surface area (Å²) >= 11 is 0. The second-order valence-corrected chi connectivity index (χ2v) is 3.79.